The average molecular weight is 350 g/mol. The Labute approximate surface area is 148 Å². The van der Waals surface area contributed by atoms with Crippen LogP contribution in [0.2, 0.25) is 5.02 Å². The Morgan fingerprint density at radius 3 is 2.79 bits per heavy atom. The monoisotopic (exact) mass is 349 g/mol. The number of amides is 2. The summed E-state index contributed by atoms with van der Waals surface area (Å²) in [6.07, 6.45) is 4.92. The van der Waals surface area contributed by atoms with E-state index in [0.29, 0.717) is 24.7 Å². The fraction of sp³-hybridized carbons (Fsp3) is 0.389. The van der Waals surface area contributed by atoms with Crippen molar-refractivity contribution < 1.29 is 9.53 Å². The van der Waals surface area contributed by atoms with Crippen molar-refractivity contribution in [3.05, 3.63) is 53.3 Å². The molecule has 130 valence electrons. The van der Waals surface area contributed by atoms with Crippen LogP contribution in [-0.4, -0.2) is 35.7 Å². The summed E-state index contributed by atoms with van der Waals surface area (Å²) in [4.78, 5) is 13.8. The standard InChI is InChI=1S/C18H24ClN3O2/c1-3-24-17-8-7-16(19)13-15(17)14-21(2)18(23)20-9-6-12-22-10-4-5-11-22/h4-5,7-8,10-11,13H,3,6,9,12,14H2,1-2H3,(H,20,23). The maximum atomic E-state index is 12.2. The van der Waals surface area contributed by atoms with Gasteiger partial charge in [-0.1, -0.05) is 11.6 Å². The molecule has 1 N–H and O–H groups in total. The number of rotatable bonds is 8. The van der Waals surface area contributed by atoms with Crippen molar-refractivity contribution in [1.82, 2.24) is 14.8 Å². The summed E-state index contributed by atoms with van der Waals surface area (Å²) >= 11 is 6.05. The van der Waals surface area contributed by atoms with E-state index in [9.17, 15) is 4.79 Å². The van der Waals surface area contributed by atoms with Crippen LogP contribution < -0.4 is 10.1 Å². The van der Waals surface area contributed by atoms with E-state index in [1.807, 2.05) is 43.6 Å². The summed E-state index contributed by atoms with van der Waals surface area (Å²) in [6, 6.07) is 9.34. The summed E-state index contributed by atoms with van der Waals surface area (Å²) in [5.41, 5.74) is 0.898. The molecule has 0 bridgehead atoms. The number of carbonyl (C=O) groups excluding carboxylic acids is 1. The predicted molar refractivity (Wildman–Crippen MR) is 96.5 cm³/mol. The van der Waals surface area contributed by atoms with E-state index in [2.05, 4.69) is 9.88 Å². The third-order valence-corrected chi connectivity index (χ3v) is 3.85. The first-order valence-electron chi connectivity index (χ1n) is 8.11. The molecule has 2 amide bonds. The van der Waals surface area contributed by atoms with Crippen molar-refractivity contribution in [3.8, 4) is 5.75 Å². The molecule has 2 aromatic rings. The number of aryl methyl sites for hydroxylation is 1. The van der Waals surface area contributed by atoms with Crippen LogP contribution in [0.1, 0.15) is 18.9 Å². The number of hydrogen-bond donors (Lipinski definition) is 1. The highest BCUT2D eigenvalue weighted by molar-refractivity contribution is 6.30. The van der Waals surface area contributed by atoms with Gasteiger partial charge in [-0.15, -0.1) is 0 Å². The van der Waals surface area contributed by atoms with E-state index in [4.69, 9.17) is 16.3 Å². The highest BCUT2D eigenvalue weighted by Crippen LogP contribution is 2.24. The summed E-state index contributed by atoms with van der Waals surface area (Å²) in [5, 5.41) is 3.56. The number of carbonyl (C=O) groups is 1. The van der Waals surface area contributed by atoms with Gasteiger partial charge in [-0.25, -0.2) is 4.79 Å². The molecule has 0 radical (unpaired) electrons. The molecule has 2 rings (SSSR count). The molecular weight excluding hydrogens is 326 g/mol. The third-order valence-electron chi connectivity index (χ3n) is 3.61. The van der Waals surface area contributed by atoms with Crippen molar-refractivity contribution in [2.24, 2.45) is 0 Å². The molecule has 0 unspecified atom stereocenters. The van der Waals surface area contributed by atoms with Crippen LogP contribution in [0.4, 0.5) is 4.79 Å². The van der Waals surface area contributed by atoms with Crippen LogP contribution in [0.3, 0.4) is 0 Å². The van der Waals surface area contributed by atoms with E-state index in [1.165, 1.54) is 0 Å². The summed E-state index contributed by atoms with van der Waals surface area (Å²) < 4.78 is 7.69. The molecule has 5 nitrogen and oxygen atoms in total. The normalized spacial score (nSPS) is 10.5. The van der Waals surface area contributed by atoms with Crippen molar-refractivity contribution in [3.63, 3.8) is 0 Å². The maximum Gasteiger partial charge on any atom is 0.317 e. The number of urea groups is 1. The molecule has 6 heteroatoms. The minimum Gasteiger partial charge on any atom is -0.494 e. The minimum absolute atomic E-state index is 0.107. The number of nitrogens with zero attached hydrogens (tertiary/aromatic N) is 2. The Kier molecular flexibility index (Phi) is 7.00. The van der Waals surface area contributed by atoms with E-state index in [-0.39, 0.29) is 6.03 Å². The van der Waals surface area contributed by atoms with Crippen LogP contribution in [0.15, 0.2) is 42.7 Å². The summed E-state index contributed by atoms with van der Waals surface area (Å²) in [6.45, 7) is 4.47. The van der Waals surface area contributed by atoms with Crippen molar-refractivity contribution in [2.75, 3.05) is 20.2 Å². The van der Waals surface area contributed by atoms with Crippen LogP contribution in [0.25, 0.3) is 0 Å². The van der Waals surface area contributed by atoms with Gasteiger partial charge in [-0.2, -0.15) is 0 Å². The SMILES string of the molecule is CCOc1ccc(Cl)cc1CN(C)C(=O)NCCCn1cccc1. The number of hydrogen-bond acceptors (Lipinski definition) is 2. The average Bonchev–Trinajstić information content (AvgIpc) is 3.07. The molecule has 24 heavy (non-hydrogen) atoms. The van der Waals surface area contributed by atoms with Crippen molar-refractivity contribution in [2.45, 2.75) is 26.4 Å². The first-order chi connectivity index (χ1) is 11.6. The zero-order valence-corrected chi connectivity index (χ0v) is 14.9. The number of benzene rings is 1. The highest BCUT2D eigenvalue weighted by Gasteiger charge is 2.12. The lowest BCUT2D eigenvalue weighted by atomic mass is 10.2. The lowest BCUT2D eigenvalue weighted by Gasteiger charge is -2.20. The molecule has 0 fully saturated rings. The number of ether oxygens (including phenoxy) is 1. The second kappa shape index (κ2) is 9.23. The molecule has 0 aliphatic rings. The van der Waals surface area contributed by atoms with E-state index < -0.39 is 0 Å². The van der Waals surface area contributed by atoms with E-state index in [0.717, 1.165) is 24.3 Å². The van der Waals surface area contributed by atoms with Crippen LogP contribution in [0, 0.1) is 0 Å². The quantitative estimate of drug-likeness (QED) is 0.737. The largest absolute Gasteiger partial charge is 0.494 e. The Morgan fingerprint density at radius 1 is 1.33 bits per heavy atom. The van der Waals surface area contributed by atoms with Crippen LogP contribution in [-0.2, 0) is 13.1 Å². The van der Waals surface area contributed by atoms with Gasteiger partial charge in [-0.05, 0) is 43.7 Å². The van der Waals surface area contributed by atoms with Gasteiger partial charge in [0.2, 0.25) is 0 Å². The molecule has 0 saturated heterocycles. The maximum absolute atomic E-state index is 12.2. The number of aromatic nitrogens is 1. The zero-order chi connectivity index (χ0) is 17.4. The van der Waals surface area contributed by atoms with Crippen LogP contribution >= 0.6 is 11.6 Å². The Hall–Kier alpha value is -2.14. The van der Waals surface area contributed by atoms with Gasteiger partial charge in [-0.3, -0.25) is 0 Å². The van der Waals surface area contributed by atoms with Crippen molar-refractivity contribution >= 4 is 17.6 Å². The fourth-order valence-corrected chi connectivity index (χ4v) is 2.60. The first kappa shape index (κ1) is 18.2. The van der Waals surface area contributed by atoms with Gasteiger partial charge in [0.25, 0.3) is 0 Å². The number of halogens is 1. The predicted octanol–water partition coefficient (Wildman–Crippen LogP) is 3.77. The van der Waals surface area contributed by atoms with Gasteiger partial charge >= 0.3 is 6.03 Å². The third kappa shape index (κ3) is 5.49. The molecule has 0 aliphatic heterocycles. The fourth-order valence-electron chi connectivity index (χ4n) is 2.41. The minimum atomic E-state index is -0.107. The number of nitrogens with one attached hydrogen (secondary N) is 1. The molecule has 0 spiro atoms. The molecule has 1 aromatic heterocycles. The zero-order valence-electron chi connectivity index (χ0n) is 14.2. The van der Waals surface area contributed by atoms with E-state index in [1.54, 1.807) is 18.0 Å². The Morgan fingerprint density at radius 2 is 2.08 bits per heavy atom. The van der Waals surface area contributed by atoms with Gasteiger partial charge in [0.05, 0.1) is 13.2 Å². The second-order valence-electron chi connectivity index (χ2n) is 5.55. The molecule has 0 saturated carbocycles. The molecular formula is C18H24ClN3O2. The molecule has 0 aliphatic carbocycles. The molecule has 1 aromatic carbocycles. The molecule has 1 heterocycles. The summed E-state index contributed by atoms with van der Waals surface area (Å²) in [5.74, 6) is 0.758. The second-order valence-corrected chi connectivity index (χ2v) is 5.98. The van der Waals surface area contributed by atoms with Gasteiger partial charge in [0.1, 0.15) is 5.75 Å². The lowest BCUT2D eigenvalue weighted by molar-refractivity contribution is 0.206. The summed E-state index contributed by atoms with van der Waals surface area (Å²) in [7, 11) is 1.76. The van der Waals surface area contributed by atoms with Gasteiger partial charge in [0.15, 0.2) is 0 Å². The van der Waals surface area contributed by atoms with E-state index >= 15 is 0 Å². The van der Waals surface area contributed by atoms with Gasteiger partial charge in [0, 0.05) is 43.1 Å². The Bertz CT molecular complexity index is 644. The highest BCUT2D eigenvalue weighted by atomic mass is 35.5. The Balaban J connectivity index is 1.81. The van der Waals surface area contributed by atoms with Crippen molar-refractivity contribution in [1.29, 1.82) is 0 Å². The lowest BCUT2D eigenvalue weighted by Crippen LogP contribution is -2.37. The van der Waals surface area contributed by atoms with Crippen LogP contribution in [0.5, 0.6) is 5.75 Å². The molecule has 0 atom stereocenters. The smallest absolute Gasteiger partial charge is 0.317 e. The topological polar surface area (TPSA) is 46.5 Å². The first-order valence-corrected chi connectivity index (χ1v) is 8.49. The van der Waals surface area contributed by atoms with Gasteiger partial charge < -0.3 is 19.5 Å².